The van der Waals surface area contributed by atoms with Gasteiger partial charge in [-0.1, -0.05) is 6.92 Å². The predicted octanol–water partition coefficient (Wildman–Crippen LogP) is 1.08. The number of aromatic nitrogens is 2. The smallest absolute Gasteiger partial charge is 0.0659 e. The van der Waals surface area contributed by atoms with Gasteiger partial charge in [-0.2, -0.15) is 5.10 Å². The van der Waals surface area contributed by atoms with Crippen molar-refractivity contribution in [2.24, 2.45) is 12.8 Å². The molecule has 4 nitrogen and oxygen atoms in total. The Morgan fingerprint density at radius 2 is 2.12 bits per heavy atom. The molecule has 4 heteroatoms. The molecular formula is C12H22N4. The molecule has 1 aliphatic rings. The summed E-state index contributed by atoms with van der Waals surface area (Å²) >= 11 is 0. The Bertz CT molecular complexity index is 337. The minimum Gasteiger partial charge on any atom is -0.325 e. The first kappa shape index (κ1) is 11.6. The SMILES string of the molecule is CCN1CCC(c2cc(CN)n(C)n2)CC1. The van der Waals surface area contributed by atoms with E-state index >= 15 is 0 Å². The number of nitrogens with two attached hydrogens (primary N) is 1. The van der Waals surface area contributed by atoms with E-state index in [2.05, 4.69) is 23.0 Å². The summed E-state index contributed by atoms with van der Waals surface area (Å²) in [6.45, 7) is 6.39. The highest BCUT2D eigenvalue weighted by atomic mass is 15.3. The van der Waals surface area contributed by atoms with Gasteiger partial charge in [0.1, 0.15) is 0 Å². The first-order valence-electron chi connectivity index (χ1n) is 6.19. The Hall–Kier alpha value is -0.870. The van der Waals surface area contributed by atoms with Gasteiger partial charge in [0.05, 0.1) is 11.4 Å². The quantitative estimate of drug-likeness (QED) is 0.832. The molecule has 0 aliphatic carbocycles. The molecule has 1 aromatic heterocycles. The van der Waals surface area contributed by atoms with Crippen molar-refractivity contribution in [2.45, 2.75) is 32.2 Å². The van der Waals surface area contributed by atoms with Gasteiger partial charge in [0.2, 0.25) is 0 Å². The van der Waals surface area contributed by atoms with E-state index in [1.807, 2.05) is 11.7 Å². The van der Waals surface area contributed by atoms with Crippen LogP contribution < -0.4 is 5.73 Å². The highest BCUT2D eigenvalue weighted by Crippen LogP contribution is 2.27. The summed E-state index contributed by atoms with van der Waals surface area (Å²) in [6, 6.07) is 2.17. The third-order valence-electron chi connectivity index (χ3n) is 3.66. The van der Waals surface area contributed by atoms with Gasteiger partial charge in [0.15, 0.2) is 0 Å². The summed E-state index contributed by atoms with van der Waals surface area (Å²) in [6.07, 6.45) is 2.46. The van der Waals surface area contributed by atoms with Crippen LogP contribution in [0.4, 0.5) is 0 Å². The Morgan fingerprint density at radius 1 is 1.44 bits per heavy atom. The minimum atomic E-state index is 0.581. The fourth-order valence-corrected chi connectivity index (χ4v) is 2.47. The highest BCUT2D eigenvalue weighted by molar-refractivity contribution is 5.15. The van der Waals surface area contributed by atoms with Gasteiger partial charge < -0.3 is 10.6 Å². The molecule has 0 unspecified atom stereocenters. The van der Waals surface area contributed by atoms with Gasteiger partial charge in [-0.15, -0.1) is 0 Å². The molecule has 1 fully saturated rings. The average molecular weight is 222 g/mol. The summed E-state index contributed by atoms with van der Waals surface area (Å²) in [7, 11) is 1.98. The van der Waals surface area contributed by atoms with Gasteiger partial charge in [-0.25, -0.2) is 0 Å². The van der Waals surface area contributed by atoms with E-state index in [4.69, 9.17) is 5.73 Å². The summed E-state index contributed by atoms with van der Waals surface area (Å²) in [4.78, 5) is 2.50. The average Bonchev–Trinajstić information content (AvgIpc) is 2.71. The van der Waals surface area contributed by atoms with E-state index < -0.39 is 0 Å². The van der Waals surface area contributed by atoms with Gasteiger partial charge in [0, 0.05) is 19.5 Å². The predicted molar refractivity (Wildman–Crippen MR) is 65.2 cm³/mol. The highest BCUT2D eigenvalue weighted by Gasteiger charge is 2.22. The molecule has 0 bridgehead atoms. The number of piperidine rings is 1. The largest absolute Gasteiger partial charge is 0.325 e. The molecule has 1 saturated heterocycles. The molecular weight excluding hydrogens is 200 g/mol. The van der Waals surface area contributed by atoms with Crippen LogP contribution in [0.2, 0.25) is 0 Å². The van der Waals surface area contributed by atoms with E-state index in [1.54, 1.807) is 0 Å². The molecule has 1 aromatic rings. The van der Waals surface area contributed by atoms with Crippen molar-refractivity contribution in [3.8, 4) is 0 Å². The molecule has 0 amide bonds. The first-order valence-corrected chi connectivity index (χ1v) is 6.19. The molecule has 0 atom stereocenters. The monoisotopic (exact) mass is 222 g/mol. The van der Waals surface area contributed by atoms with Crippen LogP contribution in [-0.4, -0.2) is 34.3 Å². The van der Waals surface area contributed by atoms with E-state index in [9.17, 15) is 0 Å². The van der Waals surface area contributed by atoms with Crippen molar-refractivity contribution in [1.29, 1.82) is 0 Å². The molecule has 0 saturated carbocycles. The number of rotatable bonds is 3. The van der Waals surface area contributed by atoms with E-state index in [0.29, 0.717) is 12.5 Å². The van der Waals surface area contributed by atoms with Crippen molar-refractivity contribution in [3.63, 3.8) is 0 Å². The van der Waals surface area contributed by atoms with Crippen LogP contribution in [0.15, 0.2) is 6.07 Å². The fraction of sp³-hybridized carbons (Fsp3) is 0.750. The second-order valence-corrected chi connectivity index (χ2v) is 4.60. The van der Waals surface area contributed by atoms with Crippen molar-refractivity contribution in [1.82, 2.24) is 14.7 Å². The summed E-state index contributed by atoms with van der Waals surface area (Å²) < 4.78 is 1.92. The number of hydrogen-bond donors (Lipinski definition) is 1. The molecule has 0 radical (unpaired) electrons. The van der Waals surface area contributed by atoms with E-state index in [0.717, 1.165) is 5.69 Å². The van der Waals surface area contributed by atoms with Gasteiger partial charge in [0.25, 0.3) is 0 Å². The van der Waals surface area contributed by atoms with Crippen LogP contribution in [-0.2, 0) is 13.6 Å². The summed E-state index contributed by atoms with van der Waals surface area (Å²) in [5, 5.41) is 4.57. The maximum Gasteiger partial charge on any atom is 0.0659 e. The van der Waals surface area contributed by atoms with Gasteiger partial charge in [-0.3, -0.25) is 4.68 Å². The van der Waals surface area contributed by atoms with Gasteiger partial charge >= 0.3 is 0 Å². The second-order valence-electron chi connectivity index (χ2n) is 4.60. The third kappa shape index (κ3) is 2.28. The zero-order valence-electron chi connectivity index (χ0n) is 10.3. The topological polar surface area (TPSA) is 47.1 Å². The normalized spacial score (nSPS) is 19.2. The standard InChI is InChI=1S/C12H22N4/c1-3-16-6-4-10(5-7-16)12-8-11(9-13)15(2)14-12/h8,10H,3-7,9,13H2,1-2H3. The van der Waals surface area contributed by atoms with Crippen LogP contribution in [0.3, 0.4) is 0 Å². The lowest BCUT2D eigenvalue weighted by molar-refractivity contribution is 0.220. The maximum absolute atomic E-state index is 5.67. The third-order valence-corrected chi connectivity index (χ3v) is 3.66. The molecule has 0 spiro atoms. The number of nitrogens with zero attached hydrogens (tertiary/aromatic N) is 3. The molecule has 2 heterocycles. The number of hydrogen-bond acceptors (Lipinski definition) is 3. The van der Waals surface area contributed by atoms with Gasteiger partial charge in [-0.05, 0) is 38.5 Å². The van der Waals surface area contributed by atoms with E-state index in [1.165, 1.54) is 38.2 Å². The van der Waals surface area contributed by atoms with Crippen molar-refractivity contribution < 1.29 is 0 Å². The Balaban J connectivity index is 2.02. The maximum atomic E-state index is 5.67. The van der Waals surface area contributed by atoms with Crippen molar-refractivity contribution in [2.75, 3.05) is 19.6 Å². The number of aryl methyl sites for hydroxylation is 1. The lowest BCUT2D eigenvalue weighted by atomic mass is 9.93. The summed E-state index contributed by atoms with van der Waals surface area (Å²) in [5.74, 6) is 0.634. The zero-order valence-corrected chi connectivity index (χ0v) is 10.3. The molecule has 2 N–H and O–H groups in total. The molecule has 2 rings (SSSR count). The summed E-state index contributed by atoms with van der Waals surface area (Å²) in [5.41, 5.74) is 8.04. The Morgan fingerprint density at radius 3 is 2.62 bits per heavy atom. The van der Waals surface area contributed by atoms with Crippen molar-refractivity contribution >= 4 is 0 Å². The Labute approximate surface area is 97.4 Å². The second kappa shape index (κ2) is 4.97. The van der Waals surface area contributed by atoms with E-state index in [-0.39, 0.29) is 0 Å². The van der Waals surface area contributed by atoms with Crippen LogP contribution in [0, 0.1) is 0 Å². The lowest BCUT2D eigenvalue weighted by Crippen LogP contribution is -2.32. The molecule has 1 aliphatic heterocycles. The van der Waals surface area contributed by atoms with Crippen molar-refractivity contribution in [3.05, 3.63) is 17.5 Å². The molecule has 16 heavy (non-hydrogen) atoms. The zero-order chi connectivity index (χ0) is 11.5. The first-order chi connectivity index (χ1) is 7.74. The lowest BCUT2D eigenvalue weighted by Gasteiger charge is -2.30. The fourth-order valence-electron chi connectivity index (χ4n) is 2.47. The van der Waals surface area contributed by atoms with Crippen LogP contribution in [0.25, 0.3) is 0 Å². The number of likely N-dealkylation sites (tertiary alicyclic amines) is 1. The van der Waals surface area contributed by atoms with Crippen LogP contribution in [0.5, 0.6) is 0 Å². The minimum absolute atomic E-state index is 0.581. The Kier molecular flexibility index (Phi) is 3.61. The molecule has 0 aromatic carbocycles. The molecule has 90 valence electrons. The van der Waals surface area contributed by atoms with Crippen LogP contribution >= 0.6 is 0 Å². The van der Waals surface area contributed by atoms with Crippen LogP contribution in [0.1, 0.15) is 37.1 Å².